The van der Waals surface area contributed by atoms with E-state index in [1.807, 2.05) is 30.3 Å². The Kier molecular flexibility index (Phi) is 5.24. The predicted molar refractivity (Wildman–Crippen MR) is 109 cm³/mol. The van der Waals surface area contributed by atoms with Gasteiger partial charge in [0.05, 0.1) is 25.3 Å². The molecule has 0 spiro atoms. The van der Waals surface area contributed by atoms with Gasteiger partial charge in [-0.15, -0.1) is 0 Å². The van der Waals surface area contributed by atoms with Gasteiger partial charge in [-0.05, 0) is 30.3 Å². The molecule has 2 aliphatic heterocycles. The number of imide groups is 1. The standard InChI is InChI=1S/C21H22ClN3O3/c1-28-19-8-3-2-7-17(19)25-20(26)14-18(21(25)27)24-11-9-23(10-12-24)16-6-4-5-15(22)13-16/h2-8,13,18H,9-12,14H2,1H3/t18-/m0/s1. The second-order valence-electron chi connectivity index (χ2n) is 6.96. The van der Waals surface area contributed by atoms with Crippen molar-refractivity contribution in [2.75, 3.05) is 43.1 Å². The number of hydrogen-bond donors (Lipinski definition) is 0. The molecule has 0 N–H and O–H groups in total. The fraction of sp³-hybridized carbons (Fsp3) is 0.333. The van der Waals surface area contributed by atoms with Gasteiger partial charge < -0.3 is 9.64 Å². The average Bonchev–Trinajstić information content (AvgIpc) is 3.02. The number of carbonyl (C=O) groups is 2. The van der Waals surface area contributed by atoms with Crippen molar-refractivity contribution in [2.45, 2.75) is 12.5 Å². The number of para-hydroxylation sites is 2. The first-order valence-corrected chi connectivity index (χ1v) is 9.70. The van der Waals surface area contributed by atoms with E-state index in [1.54, 1.807) is 18.2 Å². The Bertz CT molecular complexity index is 896. The first kappa shape index (κ1) is 18.8. The van der Waals surface area contributed by atoms with E-state index in [0.29, 0.717) is 16.5 Å². The van der Waals surface area contributed by atoms with E-state index in [9.17, 15) is 9.59 Å². The molecule has 2 aromatic rings. The Labute approximate surface area is 169 Å². The van der Waals surface area contributed by atoms with Gasteiger partial charge in [-0.25, -0.2) is 4.90 Å². The van der Waals surface area contributed by atoms with Crippen molar-refractivity contribution in [2.24, 2.45) is 0 Å². The lowest BCUT2D eigenvalue weighted by molar-refractivity contribution is -0.123. The predicted octanol–water partition coefficient (Wildman–Crippen LogP) is 2.80. The van der Waals surface area contributed by atoms with Gasteiger partial charge in [0.15, 0.2) is 0 Å². The van der Waals surface area contributed by atoms with E-state index in [2.05, 4.69) is 9.80 Å². The molecule has 0 unspecified atom stereocenters. The Balaban J connectivity index is 1.46. The van der Waals surface area contributed by atoms with Crippen molar-refractivity contribution in [3.05, 3.63) is 53.6 Å². The second-order valence-corrected chi connectivity index (χ2v) is 7.40. The molecule has 0 aliphatic carbocycles. The van der Waals surface area contributed by atoms with Gasteiger partial charge in [0, 0.05) is 36.9 Å². The molecular formula is C21H22ClN3O3. The van der Waals surface area contributed by atoms with Gasteiger partial charge in [-0.3, -0.25) is 14.5 Å². The fourth-order valence-corrected chi connectivity index (χ4v) is 4.12. The SMILES string of the molecule is COc1ccccc1N1C(=O)C[C@H](N2CCN(c3cccc(Cl)c3)CC2)C1=O. The Morgan fingerprint density at radius 1 is 1.00 bits per heavy atom. The van der Waals surface area contributed by atoms with Crippen molar-refractivity contribution in [3.8, 4) is 5.75 Å². The summed E-state index contributed by atoms with van der Waals surface area (Å²) in [5.41, 5.74) is 1.59. The normalized spacial score (nSPS) is 20.7. The summed E-state index contributed by atoms with van der Waals surface area (Å²) in [6, 6.07) is 14.5. The Morgan fingerprint density at radius 3 is 2.46 bits per heavy atom. The van der Waals surface area contributed by atoms with Crippen LogP contribution in [0.15, 0.2) is 48.5 Å². The summed E-state index contributed by atoms with van der Waals surface area (Å²) in [6.07, 6.45) is 0.202. The molecular weight excluding hydrogens is 378 g/mol. The van der Waals surface area contributed by atoms with E-state index >= 15 is 0 Å². The van der Waals surface area contributed by atoms with E-state index in [4.69, 9.17) is 16.3 Å². The largest absolute Gasteiger partial charge is 0.495 e. The van der Waals surface area contributed by atoms with Crippen LogP contribution in [0.1, 0.15) is 6.42 Å². The number of hydrogen-bond acceptors (Lipinski definition) is 5. The average molecular weight is 400 g/mol. The number of anilines is 2. The van der Waals surface area contributed by atoms with E-state index in [-0.39, 0.29) is 18.2 Å². The topological polar surface area (TPSA) is 53.1 Å². The van der Waals surface area contributed by atoms with Crippen molar-refractivity contribution in [1.29, 1.82) is 0 Å². The molecule has 1 atom stereocenters. The van der Waals surface area contributed by atoms with Crippen molar-refractivity contribution in [1.82, 2.24) is 4.90 Å². The van der Waals surface area contributed by atoms with Crippen molar-refractivity contribution < 1.29 is 14.3 Å². The van der Waals surface area contributed by atoms with Crippen LogP contribution in [0, 0.1) is 0 Å². The van der Waals surface area contributed by atoms with Gasteiger partial charge in [0.25, 0.3) is 5.91 Å². The highest BCUT2D eigenvalue weighted by Gasteiger charge is 2.44. The van der Waals surface area contributed by atoms with Gasteiger partial charge in [0.2, 0.25) is 5.91 Å². The molecule has 2 aliphatic rings. The third kappa shape index (κ3) is 3.45. The molecule has 28 heavy (non-hydrogen) atoms. The highest BCUT2D eigenvalue weighted by molar-refractivity contribution is 6.30. The molecule has 7 heteroatoms. The van der Waals surface area contributed by atoms with E-state index in [1.165, 1.54) is 12.0 Å². The number of nitrogens with zero attached hydrogens (tertiary/aromatic N) is 3. The smallest absolute Gasteiger partial charge is 0.251 e. The summed E-state index contributed by atoms with van der Waals surface area (Å²) >= 11 is 6.10. The van der Waals surface area contributed by atoms with Crippen LogP contribution in [0.3, 0.4) is 0 Å². The Hall–Kier alpha value is -2.57. The molecule has 2 saturated heterocycles. The number of benzene rings is 2. The minimum absolute atomic E-state index is 0.175. The molecule has 2 fully saturated rings. The molecule has 2 amide bonds. The van der Waals surface area contributed by atoms with Crippen LogP contribution < -0.4 is 14.5 Å². The minimum Gasteiger partial charge on any atom is -0.495 e. The third-order valence-electron chi connectivity index (χ3n) is 5.38. The number of halogens is 1. The summed E-state index contributed by atoms with van der Waals surface area (Å²) in [6.45, 7) is 3.01. The first-order valence-electron chi connectivity index (χ1n) is 9.33. The van der Waals surface area contributed by atoms with Crippen molar-refractivity contribution >= 4 is 34.8 Å². The van der Waals surface area contributed by atoms with Crippen LogP contribution in [-0.4, -0.2) is 56.0 Å². The number of amides is 2. The lowest BCUT2D eigenvalue weighted by Gasteiger charge is -2.38. The van der Waals surface area contributed by atoms with Crippen LogP contribution in [0.4, 0.5) is 11.4 Å². The van der Waals surface area contributed by atoms with Gasteiger partial charge in [0.1, 0.15) is 5.75 Å². The number of carbonyl (C=O) groups excluding carboxylic acids is 2. The molecule has 0 aromatic heterocycles. The van der Waals surface area contributed by atoms with Gasteiger partial charge in [-0.1, -0.05) is 29.8 Å². The Morgan fingerprint density at radius 2 is 1.75 bits per heavy atom. The summed E-state index contributed by atoms with van der Waals surface area (Å²) in [5, 5.41) is 0.712. The van der Waals surface area contributed by atoms with Crippen LogP contribution in [0.25, 0.3) is 0 Å². The molecule has 2 aromatic carbocycles. The van der Waals surface area contributed by atoms with Gasteiger partial charge >= 0.3 is 0 Å². The highest BCUT2D eigenvalue weighted by atomic mass is 35.5. The quantitative estimate of drug-likeness (QED) is 0.740. The zero-order chi connectivity index (χ0) is 19.7. The maximum Gasteiger partial charge on any atom is 0.251 e. The maximum absolute atomic E-state index is 13.1. The number of methoxy groups -OCH3 is 1. The van der Waals surface area contributed by atoms with Crippen LogP contribution in [0.2, 0.25) is 5.02 Å². The van der Waals surface area contributed by atoms with Crippen LogP contribution in [0.5, 0.6) is 5.75 Å². The molecule has 2 heterocycles. The molecule has 0 saturated carbocycles. The van der Waals surface area contributed by atoms with Crippen molar-refractivity contribution in [3.63, 3.8) is 0 Å². The third-order valence-corrected chi connectivity index (χ3v) is 5.61. The molecule has 4 rings (SSSR count). The number of ether oxygens (including phenoxy) is 1. The lowest BCUT2D eigenvalue weighted by atomic mass is 10.1. The second kappa shape index (κ2) is 7.81. The monoisotopic (exact) mass is 399 g/mol. The zero-order valence-electron chi connectivity index (χ0n) is 15.7. The molecule has 0 bridgehead atoms. The molecule has 6 nitrogen and oxygen atoms in total. The van der Waals surface area contributed by atoms with Gasteiger partial charge in [-0.2, -0.15) is 0 Å². The van der Waals surface area contributed by atoms with E-state index < -0.39 is 6.04 Å². The first-order chi connectivity index (χ1) is 13.6. The highest BCUT2D eigenvalue weighted by Crippen LogP contribution is 2.33. The number of rotatable bonds is 4. The summed E-state index contributed by atoms with van der Waals surface area (Å²) in [5.74, 6) is 0.165. The van der Waals surface area contributed by atoms with Crippen LogP contribution >= 0.6 is 11.6 Å². The minimum atomic E-state index is -0.418. The summed E-state index contributed by atoms with van der Waals surface area (Å²) in [4.78, 5) is 31.3. The zero-order valence-corrected chi connectivity index (χ0v) is 16.4. The number of piperazine rings is 1. The maximum atomic E-state index is 13.1. The summed E-state index contributed by atoms with van der Waals surface area (Å²) < 4.78 is 5.33. The fourth-order valence-electron chi connectivity index (χ4n) is 3.93. The van der Waals surface area contributed by atoms with E-state index in [0.717, 1.165) is 31.9 Å². The lowest BCUT2D eigenvalue weighted by Crippen LogP contribution is -2.52. The molecule has 0 radical (unpaired) electrons. The molecule has 146 valence electrons. The van der Waals surface area contributed by atoms with Crippen LogP contribution in [-0.2, 0) is 9.59 Å². The summed E-state index contributed by atoms with van der Waals surface area (Å²) in [7, 11) is 1.54.